The Hall–Kier alpha value is -2.93. The van der Waals surface area contributed by atoms with Gasteiger partial charge in [-0.15, -0.1) is 0 Å². The van der Waals surface area contributed by atoms with E-state index in [-0.39, 0.29) is 22.3 Å². The summed E-state index contributed by atoms with van der Waals surface area (Å²) in [6, 6.07) is 0. The number of fused-ring (bicyclic) bond motifs is 1. The van der Waals surface area contributed by atoms with E-state index in [2.05, 4.69) is 15.0 Å². The maximum atomic E-state index is 16.3. The minimum Gasteiger partial charge on any atom is -0.431 e. The predicted molar refractivity (Wildman–Crippen MR) is 121 cm³/mol. The first-order valence-electron chi connectivity index (χ1n) is 10.7. The molecule has 35 heavy (non-hydrogen) atoms. The second-order valence-electron chi connectivity index (χ2n) is 10.2. The van der Waals surface area contributed by atoms with Crippen LogP contribution in [0, 0.1) is 0 Å². The molecular formula is C21H29ClFN5O7. The minimum absolute atomic E-state index is 0.0313. The molecule has 3 rings (SSSR count). The fourth-order valence-electron chi connectivity index (χ4n) is 3.41. The van der Waals surface area contributed by atoms with E-state index in [1.54, 1.807) is 41.5 Å². The number of halogens is 2. The van der Waals surface area contributed by atoms with Crippen LogP contribution in [0.5, 0.6) is 0 Å². The molecule has 1 fully saturated rings. The van der Waals surface area contributed by atoms with Crippen molar-refractivity contribution in [2.24, 2.45) is 0 Å². The molecule has 0 saturated carbocycles. The smallest absolute Gasteiger partial charge is 0.431 e. The fourth-order valence-corrected chi connectivity index (χ4v) is 3.63. The molecule has 194 valence electrons. The number of carbonyl (C=O) groups is 2. The van der Waals surface area contributed by atoms with Gasteiger partial charge in [-0.2, -0.15) is 9.97 Å². The quantitative estimate of drug-likeness (QED) is 0.463. The number of hydrogen-bond acceptors (Lipinski definition) is 11. The Bertz CT molecular complexity index is 1110. The van der Waals surface area contributed by atoms with Crippen LogP contribution in [0.4, 0.5) is 19.9 Å². The van der Waals surface area contributed by atoms with Gasteiger partial charge in [0.2, 0.25) is 5.95 Å². The number of anilines is 1. The van der Waals surface area contributed by atoms with Crippen molar-refractivity contribution in [3.8, 4) is 0 Å². The first-order valence-corrected chi connectivity index (χ1v) is 11.1. The normalized spacial score (nSPS) is 24.9. The topological polar surface area (TPSA) is 150 Å². The third-order valence-corrected chi connectivity index (χ3v) is 4.96. The van der Waals surface area contributed by atoms with Crippen molar-refractivity contribution in [3.63, 3.8) is 0 Å². The van der Waals surface area contributed by atoms with E-state index in [0.29, 0.717) is 0 Å². The zero-order chi connectivity index (χ0) is 26.3. The Morgan fingerprint density at radius 2 is 1.77 bits per heavy atom. The van der Waals surface area contributed by atoms with E-state index >= 15 is 4.39 Å². The van der Waals surface area contributed by atoms with Gasteiger partial charge in [-0.1, -0.05) is 11.6 Å². The number of carbonyl (C=O) groups excluding carboxylic acids is 2. The van der Waals surface area contributed by atoms with E-state index in [4.69, 9.17) is 41.0 Å². The summed E-state index contributed by atoms with van der Waals surface area (Å²) in [4.78, 5) is 36.5. The summed E-state index contributed by atoms with van der Waals surface area (Å²) in [6.07, 6.45) is -5.07. The van der Waals surface area contributed by atoms with Gasteiger partial charge in [0, 0.05) is 0 Å². The molecule has 2 aromatic rings. The van der Waals surface area contributed by atoms with Crippen molar-refractivity contribution in [2.45, 2.75) is 83.8 Å². The van der Waals surface area contributed by atoms with E-state index in [0.717, 1.165) is 6.92 Å². The van der Waals surface area contributed by atoms with Crippen LogP contribution < -0.4 is 5.73 Å². The monoisotopic (exact) mass is 517 g/mol. The van der Waals surface area contributed by atoms with Gasteiger partial charge < -0.3 is 29.4 Å². The summed E-state index contributed by atoms with van der Waals surface area (Å²) in [6.45, 7) is 10.5. The molecule has 0 amide bonds. The molecule has 1 aliphatic rings. The second kappa shape index (κ2) is 9.26. The van der Waals surface area contributed by atoms with Crippen molar-refractivity contribution in [2.75, 3.05) is 12.3 Å². The molecule has 0 aliphatic carbocycles. The lowest BCUT2D eigenvalue weighted by atomic mass is 9.98. The lowest BCUT2D eigenvalue weighted by Gasteiger charge is -2.28. The van der Waals surface area contributed by atoms with Crippen molar-refractivity contribution in [1.29, 1.82) is 0 Å². The SMILES string of the molecule is CC(C)(C)OC(=O)OC[C@H]1O[C@@H](n2cnc3c(Cl)nc(N)nc32)[C@](C)(F)[C@@H]1OC(=O)OC(C)(C)C. The maximum Gasteiger partial charge on any atom is 0.509 e. The van der Waals surface area contributed by atoms with Crippen LogP contribution in [0.2, 0.25) is 5.15 Å². The lowest BCUT2D eigenvalue weighted by Crippen LogP contribution is -2.45. The number of nitrogens with two attached hydrogens (primary N) is 1. The highest BCUT2D eigenvalue weighted by Gasteiger charge is 2.59. The Kier molecular flexibility index (Phi) is 7.06. The maximum absolute atomic E-state index is 16.3. The van der Waals surface area contributed by atoms with Crippen LogP contribution in [0.15, 0.2) is 6.33 Å². The summed E-state index contributed by atoms with van der Waals surface area (Å²) in [7, 11) is 0. The van der Waals surface area contributed by atoms with Gasteiger partial charge in [-0.05, 0) is 48.5 Å². The molecule has 14 heteroatoms. The molecule has 12 nitrogen and oxygen atoms in total. The molecule has 0 bridgehead atoms. The van der Waals surface area contributed by atoms with Crippen molar-refractivity contribution < 1.29 is 37.7 Å². The third kappa shape index (κ3) is 6.20. The molecule has 0 radical (unpaired) electrons. The van der Waals surface area contributed by atoms with Gasteiger partial charge in [-0.25, -0.2) is 19.0 Å². The van der Waals surface area contributed by atoms with Crippen LogP contribution in [0.25, 0.3) is 11.2 Å². The predicted octanol–water partition coefficient (Wildman–Crippen LogP) is 3.96. The Morgan fingerprint density at radius 1 is 1.17 bits per heavy atom. The summed E-state index contributed by atoms with van der Waals surface area (Å²) in [5.74, 6) is -0.158. The number of nitrogens with zero attached hydrogens (tertiary/aromatic N) is 4. The molecule has 0 spiro atoms. The Balaban J connectivity index is 1.92. The summed E-state index contributed by atoms with van der Waals surface area (Å²) >= 11 is 6.08. The zero-order valence-electron chi connectivity index (χ0n) is 20.5. The molecule has 1 aliphatic heterocycles. The summed E-state index contributed by atoms with van der Waals surface area (Å²) < 4.78 is 44.1. The fraction of sp³-hybridized carbons (Fsp3) is 0.667. The van der Waals surface area contributed by atoms with Crippen LogP contribution in [0.1, 0.15) is 54.7 Å². The Morgan fingerprint density at radius 3 is 2.37 bits per heavy atom. The van der Waals surface area contributed by atoms with Gasteiger partial charge in [0.25, 0.3) is 0 Å². The molecule has 4 atom stereocenters. The zero-order valence-corrected chi connectivity index (χ0v) is 21.3. The number of rotatable bonds is 4. The molecule has 3 heterocycles. The van der Waals surface area contributed by atoms with E-state index in [9.17, 15) is 9.59 Å². The number of ether oxygens (including phenoxy) is 5. The molecule has 0 aromatic carbocycles. The number of imidazole rings is 1. The standard InChI is InChI=1S/C21H29ClFN5O7/c1-19(2,3)34-17(29)31-8-10-12(33-18(30)35-20(4,5)6)21(7,23)15(32-10)28-9-25-11-13(22)26-16(24)27-14(11)28/h9-10,12,15H,8H2,1-7H3,(H2,24,26,27)/t10-,12-,15-,21-/m1/s1. The third-order valence-electron chi connectivity index (χ3n) is 4.70. The molecule has 2 aromatic heterocycles. The average Bonchev–Trinajstić information content (AvgIpc) is 3.16. The summed E-state index contributed by atoms with van der Waals surface area (Å²) in [5.41, 5.74) is 1.89. The van der Waals surface area contributed by atoms with Crippen LogP contribution in [-0.4, -0.2) is 67.5 Å². The van der Waals surface area contributed by atoms with Crippen LogP contribution in [0.3, 0.4) is 0 Å². The van der Waals surface area contributed by atoms with Gasteiger partial charge in [-0.3, -0.25) is 4.57 Å². The van der Waals surface area contributed by atoms with Gasteiger partial charge >= 0.3 is 12.3 Å². The summed E-state index contributed by atoms with van der Waals surface area (Å²) in [5, 5.41) is -0.0313. The van der Waals surface area contributed by atoms with E-state index in [1.807, 2.05) is 0 Å². The molecule has 2 N–H and O–H groups in total. The van der Waals surface area contributed by atoms with Crippen LogP contribution in [-0.2, 0) is 23.7 Å². The molecule has 0 unspecified atom stereocenters. The van der Waals surface area contributed by atoms with E-state index < -0.39 is 54.2 Å². The molecular weight excluding hydrogens is 489 g/mol. The highest BCUT2D eigenvalue weighted by Crippen LogP contribution is 2.44. The van der Waals surface area contributed by atoms with Gasteiger partial charge in [0.1, 0.15) is 29.4 Å². The van der Waals surface area contributed by atoms with Gasteiger partial charge in [0.15, 0.2) is 28.8 Å². The highest BCUT2D eigenvalue weighted by atomic mass is 35.5. The van der Waals surface area contributed by atoms with Crippen LogP contribution >= 0.6 is 11.6 Å². The lowest BCUT2D eigenvalue weighted by molar-refractivity contribution is -0.0819. The number of aromatic nitrogens is 4. The van der Waals surface area contributed by atoms with Crippen molar-refractivity contribution in [1.82, 2.24) is 19.5 Å². The van der Waals surface area contributed by atoms with Gasteiger partial charge in [0.05, 0.1) is 6.33 Å². The number of alkyl halides is 1. The largest absolute Gasteiger partial charge is 0.509 e. The minimum atomic E-state index is -2.36. The first kappa shape index (κ1) is 26.7. The first-order chi connectivity index (χ1) is 16.0. The number of nitrogen functional groups attached to an aromatic ring is 1. The van der Waals surface area contributed by atoms with Crippen molar-refractivity contribution >= 4 is 41.0 Å². The Labute approximate surface area is 206 Å². The number of hydrogen-bond donors (Lipinski definition) is 1. The van der Waals surface area contributed by atoms with E-state index in [1.165, 1.54) is 10.9 Å². The molecule has 1 saturated heterocycles. The van der Waals surface area contributed by atoms with Crippen molar-refractivity contribution in [3.05, 3.63) is 11.5 Å². The second-order valence-corrected chi connectivity index (χ2v) is 10.5. The average molecular weight is 518 g/mol. The highest BCUT2D eigenvalue weighted by molar-refractivity contribution is 6.33.